The van der Waals surface area contributed by atoms with Gasteiger partial charge in [-0.1, -0.05) is 0 Å². The van der Waals surface area contributed by atoms with Crippen LogP contribution in [0.5, 0.6) is 0 Å². The van der Waals surface area contributed by atoms with Crippen LogP contribution in [0.15, 0.2) is 35.0 Å². The second-order valence-corrected chi connectivity index (χ2v) is 4.28. The molecule has 18 heavy (non-hydrogen) atoms. The van der Waals surface area contributed by atoms with Crippen LogP contribution in [0.1, 0.15) is 10.4 Å². The molecule has 0 bridgehead atoms. The SMILES string of the molecule is Nc1ccc([N+](=O)[O-])c(C(=O)Nc2ccsc2)c1. The molecule has 2 rings (SSSR count). The van der Waals surface area contributed by atoms with Crippen molar-refractivity contribution < 1.29 is 9.72 Å². The molecule has 0 radical (unpaired) electrons. The molecular formula is C11H9N3O3S. The molecule has 6 nitrogen and oxygen atoms in total. The Kier molecular flexibility index (Phi) is 3.24. The van der Waals surface area contributed by atoms with Crippen LogP contribution in [0.4, 0.5) is 17.1 Å². The number of anilines is 2. The highest BCUT2D eigenvalue weighted by atomic mass is 32.1. The average molecular weight is 263 g/mol. The van der Waals surface area contributed by atoms with Gasteiger partial charge in [0, 0.05) is 17.1 Å². The molecule has 3 N–H and O–H groups in total. The van der Waals surface area contributed by atoms with E-state index in [1.54, 1.807) is 16.8 Å². The Bertz CT molecular complexity index is 596. The third-order valence-electron chi connectivity index (χ3n) is 2.24. The van der Waals surface area contributed by atoms with Gasteiger partial charge in [-0.2, -0.15) is 11.3 Å². The van der Waals surface area contributed by atoms with Crippen molar-refractivity contribution in [1.29, 1.82) is 0 Å². The second-order valence-electron chi connectivity index (χ2n) is 3.50. The number of rotatable bonds is 3. The summed E-state index contributed by atoms with van der Waals surface area (Å²) in [5.74, 6) is -0.549. The molecule has 0 unspecified atom stereocenters. The fourth-order valence-corrected chi connectivity index (χ4v) is 2.02. The van der Waals surface area contributed by atoms with Gasteiger partial charge in [0.2, 0.25) is 0 Å². The molecule has 0 fully saturated rings. The number of carbonyl (C=O) groups is 1. The van der Waals surface area contributed by atoms with E-state index < -0.39 is 10.8 Å². The van der Waals surface area contributed by atoms with E-state index in [0.29, 0.717) is 11.4 Å². The standard InChI is InChI=1S/C11H9N3O3S/c12-7-1-2-10(14(16)17)9(5-7)11(15)13-8-3-4-18-6-8/h1-6H,12H2,(H,13,15). The zero-order valence-corrected chi connectivity index (χ0v) is 9.94. The smallest absolute Gasteiger partial charge is 0.282 e. The summed E-state index contributed by atoms with van der Waals surface area (Å²) >= 11 is 1.42. The maximum atomic E-state index is 11.9. The summed E-state index contributed by atoms with van der Waals surface area (Å²) in [6, 6.07) is 5.61. The number of nitro groups is 1. The number of nitrogen functional groups attached to an aromatic ring is 1. The number of nitrogens with zero attached hydrogens (tertiary/aromatic N) is 1. The monoisotopic (exact) mass is 263 g/mol. The van der Waals surface area contributed by atoms with Crippen molar-refractivity contribution in [3.63, 3.8) is 0 Å². The first kappa shape index (κ1) is 12.1. The van der Waals surface area contributed by atoms with Crippen molar-refractivity contribution >= 4 is 34.3 Å². The zero-order valence-electron chi connectivity index (χ0n) is 9.12. The molecule has 92 valence electrons. The number of hydrogen-bond donors (Lipinski definition) is 2. The quantitative estimate of drug-likeness (QED) is 0.505. The van der Waals surface area contributed by atoms with Gasteiger partial charge >= 0.3 is 0 Å². The van der Waals surface area contributed by atoms with E-state index in [4.69, 9.17) is 5.73 Å². The van der Waals surface area contributed by atoms with Gasteiger partial charge in [-0.05, 0) is 23.6 Å². The Morgan fingerprint density at radius 1 is 1.39 bits per heavy atom. The van der Waals surface area contributed by atoms with Gasteiger partial charge in [-0.25, -0.2) is 0 Å². The van der Waals surface area contributed by atoms with Gasteiger partial charge < -0.3 is 11.1 Å². The van der Waals surface area contributed by atoms with Gasteiger partial charge in [0.15, 0.2) is 0 Å². The van der Waals surface area contributed by atoms with Crippen LogP contribution in [-0.2, 0) is 0 Å². The van der Waals surface area contributed by atoms with E-state index in [1.807, 2.05) is 0 Å². The van der Waals surface area contributed by atoms with Gasteiger partial charge in [-0.15, -0.1) is 0 Å². The van der Waals surface area contributed by atoms with Crippen LogP contribution >= 0.6 is 11.3 Å². The summed E-state index contributed by atoms with van der Waals surface area (Å²) < 4.78 is 0. The summed E-state index contributed by atoms with van der Waals surface area (Å²) in [6.07, 6.45) is 0. The highest BCUT2D eigenvalue weighted by molar-refractivity contribution is 7.08. The van der Waals surface area contributed by atoms with Crippen LogP contribution in [0.25, 0.3) is 0 Å². The molecule has 1 amide bonds. The third-order valence-corrected chi connectivity index (χ3v) is 2.92. The first-order valence-corrected chi connectivity index (χ1v) is 5.89. The lowest BCUT2D eigenvalue weighted by atomic mass is 10.1. The van der Waals surface area contributed by atoms with Crippen LogP contribution in [0.2, 0.25) is 0 Å². The van der Waals surface area contributed by atoms with Crippen molar-refractivity contribution in [2.75, 3.05) is 11.1 Å². The first-order valence-electron chi connectivity index (χ1n) is 4.95. The molecule has 0 aliphatic rings. The van der Waals surface area contributed by atoms with Crippen molar-refractivity contribution in [2.24, 2.45) is 0 Å². The van der Waals surface area contributed by atoms with Crippen LogP contribution < -0.4 is 11.1 Å². The lowest BCUT2D eigenvalue weighted by Gasteiger charge is -2.04. The summed E-state index contributed by atoms with van der Waals surface area (Å²) in [5.41, 5.74) is 6.12. The minimum absolute atomic E-state index is 0.0498. The maximum Gasteiger partial charge on any atom is 0.282 e. The Morgan fingerprint density at radius 2 is 2.17 bits per heavy atom. The molecule has 0 saturated heterocycles. The van der Waals surface area contributed by atoms with Crippen molar-refractivity contribution in [1.82, 2.24) is 0 Å². The van der Waals surface area contributed by atoms with E-state index in [9.17, 15) is 14.9 Å². The van der Waals surface area contributed by atoms with Gasteiger partial charge in [0.05, 0.1) is 10.6 Å². The maximum absolute atomic E-state index is 11.9. The highest BCUT2D eigenvalue weighted by Gasteiger charge is 2.20. The fourth-order valence-electron chi connectivity index (χ4n) is 1.43. The number of benzene rings is 1. The van der Waals surface area contributed by atoms with Gasteiger partial charge in [-0.3, -0.25) is 14.9 Å². The molecule has 1 heterocycles. The fraction of sp³-hybridized carbons (Fsp3) is 0. The minimum atomic E-state index is -0.609. The lowest BCUT2D eigenvalue weighted by molar-refractivity contribution is -0.385. The van der Waals surface area contributed by atoms with Crippen LogP contribution in [0, 0.1) is 10.1 Å². The Hall–Kier alpha value is -2.41. The number of thiophene rings is 1. The highest BCUT2D eigenvalue weighted by Crippen LogP contribution is 2.23. The molecule has 1 aromatic carbocycles. The van der Waals surface area contributed by atoms with E-state index in [0.717, 1.165) is 0 Å². The molecule has 0 aliphatic carbocycles. The predicted octanol–water partition coefficient (Wildman–Crippen LogP) is 2.49. The number of hydrogen-bond acceptors (Lipinski definition) is 5. The lowest BCUT2D eigenvalue weighted by Crippen LogP contribution is -2.13. The van der Waals surface area contributed by atoms with Crippen molar-refractivity contribution in [3.8, 4) is 0 Å². The van der Waals surface area contributed by atoms with E-state index >= 15 is 0 Å². The molecule has 0 aliphatic heterocycles. The van der Waals surface area contributed by atoms with Gasteiger partial charge in [0.25, 0.3) is 11.6 Å². The molecule has 0 atom stereocenters. The Labute approximate surface area is 106 Å². The largest absolute Gasteiger partial charge is 0.399 e. The predicted molar refractivity (Wildman–Crippen MR) is 69.8 cm³/mol. The van der Waals surface area contributed by atoms with Crippen molar-refractivity contribution in [3.05, 3.63) is 50.7 Å². The second kappa shape index (κ2) is 4.84. The van der Waals surface area contributed by atoms with Crippen molar-refractivity contribution in [2.45, 2.75) is 0 Å². The molecule has 7 heteroatoms. The molecule has 0 spiro atoms. The van der Waals surface area contributed by atoms with Crippen LogP contribution in [0.3, 0.4) is 0 Å². The molecule has 0 saturated carbocycles. The molecule has 2 aromatic rings. The summed E-state index contributed by atoms with van der Waals surface area (Å²) in [7, 11) is 0. The van der Waals surface area contributed by atoms with E-state index in [2.05, 4.69) is 5.32 Å². The number of nitrogens with one attached hydrogen (secondary N) is 1. The van der Waals surface area contributed by atoms with Crippen LogP contribution in [-0.4, -0.2) is 10.8 Å². The summed E-state index contributed by atoms with van der Waals surface area (Å²) in [4.78, 5) is 22.1. The van der Waals surface area contributed by atoms with Gasteiger partial charge in [0.1, 0.15) is 5.56 Å². The average Bonchev–Trinajstić information content (AvgIpc) is 2.81. The minimum Gasteiger partial charge on any atom is -0.399 e. The Balaban J connectivity index is 2.34. The zero-order chi connectivity index (χ0) is 13.1. The molecule has 1 aromatic heterocycles. The number of nitro benzene ring substituents is 1. The normalized spacial score (nSPS) is 10.0. The van der Waals surface area contributed by atoms with E-state index in [-0.39, 0.29) is 11.3 Å². The number of nitrogens with two attached hydrogens (primary N) is 1. The summed E-state index contributed by atoms with van der Waals surface area (Å²) in [6.45, 7) is 0. The first-order chi connectivity index (χ1) is 8.58. The molecular weight excluding hydrogens is 254 g/mol. The number of carbonyl (C=O) groups excluding carboxylic acids is 1. The number of amides is 1. The third kappa shape index (κ3) is 2.46. The topological polar surface area (TPSA) is 98.3 Å². The Morgan fingerprint density at radius 3 is 2.78 bits per heavy atom. The summed E-state index contributed by atoms with van der Waals surface area (Å²) in [5, 5.41) is 16.9. The van der Waals surface area contributed by atoms with E-state index in [1.165, 1.54) is 29.5 Å².